The van der Waals surface area contributed by atoms with E-state index in [0.717, 1.165) is 5.46 Å². The summed E-state index contributed by atoms with van der Waals surface area (Å²) in [5.41, 5.74) is -0.0210. The zero-order chi connectivity index (χ0) is 29.0. The minimum Gasteiger partial charge on any atom is -0.487 e. The number of fused-ring (bicyclic) bond motifs is 2. The number of hydrogen-bond acceptors (Lipinski definition) is 10. The van der Waals surface area contributed by atoms with Crippen molar-refractivity contribution in [2.45, 2.75) is 38.9 Å². The van der Waals surface area contributed by atoms with Crippen LogP contribution in [-0.2, 0) is 28.3 Å². The van der Waals surface area contributed by atoms with E-state index in [2.05, 4.69) is 0 Å². The Balaban J connectivity index is 1.32. The lowest BCUT2D eigenvalue weighted by Crippen LogP contribution is -2.41. The highest BCUT2D eigenvalue weighted by Crippen LogP contribution is 2.37. The van der Waals surface area contributed by atoms with Gasteiger partial charge in [0, 0.05) is 0 Å². The van der Waals surface area contributed by atoms with Crippen LogP contribution in [0.4, 0.5) is 0 Å². The van der Waals surface area contributed by atoms with E-state index in [1.54, 1.807) is 0 Å². The Labute approximate surface area is 243 Å². The summed E-state index contributed by atoms with van der Waals surface area (Å²) >= 11 is 0. The Morgan fingerprint density at radius 3 is 1.27 bits per heavy atom. The number of para-hydroxylation sites is 2. The third-order valence-corrected chi connectivity index (χ3v) is 7.03. The van der Waals surface area contributed by atoms with E-state index in [9.17, 15) is 0 Å². The zero-order valence-electron chi connectivity index (χ0n) is 24.7. The fourth-order valence-corrected chi connectivity index (χ4v) is 4.06. The second kappa shape index (κ2) is 15.6. The molecule has 1 fully saturated rings. The van der Waals surface area contributed by atoms with E-state index in [4.69, 9.17) is 47.2 Å². The van der Waals surface area contributed by atoms with Gasteiger partial charge >= 0.3 is 7.12 Å². The first-order valence-electron chi connectivity index (χ1n) is 14.3. The number of hydrogen-bond donors (Lipinski definition) is 0. The highest BCUT2D eigenvalue weighted by Gasteiger charge is 2.51. The van der Waals surface area contributed by atoms with E-state index in [-0.39, 0.29) is 0 Å². The lowest BCUT2D eigenvalue weighted by atomic mass is 9.79. The average molecular weight is 574 g/mol. The lowest BCUT2D eigenvalue weighted by molar-refractivity contribution is 0.00578. The van der Waals surface area contributed by atoms with Gasteiger partial charge in [0.05, 0.1) is 64.1 Å². The average Bonchev–Trinajstić information content (AvgIpc) is 3.17. The molecular weight excluding hydrogens is 531 g/mol. The normalized spacial score (nSPS) is 21.5. The van der Waals surface area contributed by atoms with Gasteiger partial charge in [-0.05, 0) is 57.4 Å². The molecule has 0 unspecified atom stereocenters. The third kappa shape index (κ3) is 9.49. The molecule has 0 bridgehead atoms. The predicted molar refractivity (Wildman–Crippen MR) is 154 cm³/mol. The topological polar surface area (TPSA) is 92.3 Å². The summed E-state index contributed by atoms with van der Waals surface area (Å²) in [6.07, 6.45) is 0. The fourth-order valence-electron chi connectivity index (χ4n) is 4.06. The standard InChI is InChI=1S/C30H43BO10/c1-29(2)30(3,4)41-31(40-29)24-9-10-27-28(23-24)39-22-18-35-14-13-33-16-20-37-26-8-6-5-7-25(26)36-19-15-32-11-12-34-17-21-38-27/h5-10,23H,11-22H2,1-4H3. The van der Waals surface area contributed by atoms with Gasteiger partial charge in [-0.3, -0.25) is 0 Å². The number of ether oxygens (including phenoxy) is 8. The molecule has 0 saturated carbocycles. The lowest BCUT2D eigenvalue weighted by Gasteiger charge is -2.32. The van der Waals surface area contributed by atoms with Crippen molar-refractivity contribution in [3.05, 3.63) is 42.5 Å². The highest BCUT2D eigenvalue weighted by molar-refractivity contribution is 6.62. The third-order valence-electron chi connectivity index (χ3n) is 7.03. The van der Waals surface area contributed by atoms with Crippen LogP contribution >= 0.6 is 0 Å². The quantitative estimate of drug-likeness (QED) is 0.473. The first-order chi connectivity index (χ1) is 19.9. The Morgan fingerprint density at radius 2 is 0.829 bits per heavy atom. The summed E-state index contributed by atoms with van der Waals surface area (Å²) < 4.78 is 58.8. The molecule has 2 aliphatic heterocycles. The molecule has 4 rings (SSSR count). The maximum atomic E-state index is 6.22. The van der Waals surface area contributed by atoms with Gasteiger partial charge in [0.15, 0.2) is 23.0 Å². The molecule has 41 heavy (non-hydrogen) atoms. The smallest absolute Gasteiger partial charge is 0.487 e. The molecule has 2 aromatic carbocycles. The maximum Gasteiger partial charge on any atom is 0.494 e. The molecule has 0 spiro atoms. The molecule has 1 saturated heterocycles. The molecular formula is C30H43BO10. The van der Waals surface area contributed by atoms with Gasteiger partial charge in [0.25, 0.3) is 0 Å². The monoisotopic (exact) mass is 574 g/mol. The second-order valence-electron chi connectivity index (χ2n) is 10.6. The summed E-state index contributed by atoms with van der Waals surface area (Å²) in [6.45, 7) is 13.1. The molecule has 2 aliphatic rings. The van der Waals surface area contributed by atoms with E-state index in [1.165, 1.54) is 0 Å². The van der Waals surface area contributed by atoms with Gasteiger partial charge in [-0.2, -0.15) is 0 Å². The second-order valence-corrected chi connectivity index (χ2v) is 10.6. The first-order valence-corrected chi connectivity index (χ1v) is 14.3. The van der Waals surface area contributed by atoms with Gasteiger partial charge in [-0.25, -0.2) is 0 Å². The van der Waals surface area contributed by atoms with Gasteiger partial charge in [-0.15, -0.1) is 0 Å². The van der Waals surface area contributed by atoms with Crippen molar-refractivity contribution in [2.75, 3.05) is 79.3 Å². The molecule has 0 N–H and O–H groups in total. The van der Waals surface area contributed by atoms with Crippen LogP contribution in [0.3, 0.4) is 0 Å². The minimum absolute atomic E-state index is 0.344. The van der Waals surface area contributed by atoms with Crippen molar-refractivity contribution >= 4 is 12.6 Å². The summed E-state index contributed by atoms with van der Waals surface area (Å²) in [4.78, 5) is 0. The van der Waals surface area contributed by atoms with Crippen LogP contribution < -0.4 is 24.4 Å². The van der Waals surface area contributed by atoms with Crippen LogP contribution in [0.5, 0.6) is 23.0 Å². The number of benzene rings is 2. The van der Waals surface area contributed by atoms with E-state index in [0.29, 0.717) is 102 Å². The van der Waals surface area contributed by atoms with E-state index >= 15 is 0 Å². The number of rotatable bonds is 1. The SMILES string of the molecule is CC1(C)OB(c2ccc3c(c2)OCCOCCOCCOc2ccccc2OCCOCCOCCO3)OC1(C)C. The molecule has 10 nitrogen and oxygen atoms in total. The van der Waals surface area contributed by atoms with Crippen molar-refractivity contribution in [3.63, 3.8) is 0 Å². The Bertz CT molecular complexity index is 1050. The summed E-state index contributed by atoms with van der Waals surface area (Å²) in [6, 6.07) is 13.3. The van der Waals surface area contributed by atoms with Crippen molar-refractivity contribution in [3.8, 4) is 23.0 Å². The van der Waals surface area contributed by atoms with Crippen molar-refractivity contribution in [2.24, 2.45) is 0 Å². The van der Waals surface area contributed by atoms with Crippen molar-refractivity contribution in [1.29, 1.82) is 0 Å². The summed E-state index contributed by atoms with van der Waals surface area (Å²) in [5, 5.41) is 0. The Hall–Kier alpha value is -2.54. The van der Waals surface area contributed by atoms with Gasteiger partial charge in [-0.1, -0.05) is 18.2 Å². The molecule has 0 aliphatic carbocycles. The first kappa shape index (κ1) is 31.4. The minimum atomic E-state index is -0.503. The van der Waals surface area contributed by atoms with Crippen LogP contribution in [0.1, 0.15) is 27.7 Å². The highest BCUT2D eigenvalue weighted by atomic mass is 16.7. The molecule has 0 aromatic heterocycles. The molecule has 2 heterocycles. The summed E-state index contributed by atoms with van der Waals surface area (Å²) in [7, 11) is -0.503. The molecule has 0 atom stereocenters. The molecule has 226 valence electrons. The van der Waals surface area contributed by atoms with Gasteiger partial charge in [0.2, 0.25) is 0 Å². The fraction of sp³-hybridized carbons (Fsp3) is 0.600. The van der Waals surface area contributed by atoms with Gasteiger partial charge < -0.3 is 47.2 Å². The predicted octanol–water partition coefficient (Wildman–Crippen LogP) is 3.28. The van der Waals surface area contributed by atoms with Crippen LogP contribution in [0, 0.1) is 0 Å². The Morgan fingerprint density at radius 1 is 0.463 bits per heavy atom. The van der Waals surface area contributed by atoms with Crippen LogP contribution in [-0.4, -0.2) is 97.6 Å². The van der Waals surface area contributed by atoms with Gasteiger partial charge in [0.1, 0.15) is 26.4 Å². The Kier molecular flexibility index (Phi) is 12.0. The van der Waals surface area contributed by atoms with E-state index in [1.807, 2.05) is 70.2 Å². The largest absolute Gasteiger partial charge is 0.494 e. The molecule has 0 amide bonds. The molecule has 0 radical (unpaired) electrons. The summed E-state index contributed by atoms with van der Waals surface area (Å²) in [5.74, 6) is 2.54. The van der Waals surface area contributed by atoms with Crippen molar-refractivity contribution < 1.29 is 47.2 Å². The molecule has 11 heteroatoms. The van der Waals surface area contributed by atoms with Crippen LogP contribution in [0.25, 0.3) is 0 Å². The van der Waals surface area contributed by atoms with Crippen LogP contribution in [0.15, 0.2) is 42.5 Å². The van der Waals surface area contributed by atoms with E-state index < -0.39 is 18.3 Å². The van der Waals surface area contributed by atoms with Crippen LogP contribution in [0.2, 0.25) is 0 Å². The molecule has 2 aromatic rings. The maximum absolute atomic E-state index is 6.22. The van der Waals surface area contributed by atoms with Crippen molar-refractivity contribution in [1.82, 2.24) is 0 Å². The zero-order valence-corrected chi connectivity index (χ0v) is 24.7.